The molecule has 1 atom stereocenters. The van der Waals surface area contributed by atoms with Gasteiger partial charge in [-0.2, -0.15) is 0 Å². The zero-order valence-corrected chi connectivity index (χ0v) is 11.3. The molecule has 0 spiro atoms. The van der Waals surface area contributed by atoms with Gasteiger partial charge in [0.15, 0.2) is 6.10 Å². The maximum Gasteiger partial charge on any atom is 0.205 e. The van der Waals surface area contributed by atoms with Crippen LogP contribution in [0.4, 0.5) is 0 Å². The molecule has 0 radical (unpaired) electrons. The van der Waals surface area contributed by atoms with Crippen LogP contribution in [0.25, 0.3) is 10.9 Å². The summed E-state index contributed by atoms with van der Waals surface area (Å²) in [6.45, 7) is 0. The highest BCUT2D eigenvalue weighted by atomic mass is 16.5. The number of Topliss-reactive ketones (excluding diaryl/α,β-unsaturated/α-hetero) is 1. The average molecular weight is 275 g/mol. The van der Waals surface area contributed by atoms with Crippen LogP contribution in [0.5, 0.6) is 5.75 Å². The van der Waals surface area contributed by atoms with Crippen LogP contribution in [0.15, 0.2) is 60.8 Å². The predicted octanol–water partition coefficient (Wildman–Crippen LogP) is 3.42. The van der Waals surface area contributed by atoms with E-state index in [2.05, 4.69) is 4.98 Å². The third-order valence-electron chi connectivity index (χ3n) is 3.81. The molecule has 1 aliphatic heterocycles. The Labute approximate surface area is 122 Å². The second-order valence-electron chi connectivity index (χ2n) is 5.20. The van der Waals surface area contributed by atoms with E-state index >= 15 is 0 Å². The van der Waals surface area contributed by atoms with Crippen LogP contribution in [0.1, 0.15) is 15.9 Å². The van der Waals surface area contributed by atoms with Gasteiger partial charge in [-0.05, 0) is 23.8 Å². The van der Waals surface area contributed by atoms with Gasteiger partial charge in [-0.1, -0.05) is 36.4 Å². The lowest BCUT2D eigenvalue weighted by molar-refractivity contribution is 0.0824. The first-order valence-corrected chi connectivity index (χ1v) is 6.95. The molecule has 1 unspecified atom stereocenters. The Morgan fingerprint density at radius 1 is 1.10 bits per heavy atom. The minimum atomic E-state index is -0.439. The number of carbonyl (C=O) groups excluding carboxylic acids is 1. The number of hydrogen-bond acceptors (Lipinski definition) is 3. The summed E-state index contributed by atoms with van der Waals surface area (Å²) < 4.78 is 5.76. The van der Waals surface area contributed by atoms with E-state index in [1.807, 2.05) is 54.6 Å². The molecule has 3 nitrogen and oxygen atoms in total. The Kier molecular flexibility index (Phi) is 2.71. The largest absolute Gasteiger partial charge is 0.482 e. The van der Waals surface area contributed by atoms with Gasteiger partial charge in [0, 0.05) is 23.6 Å². The summed E-state index contributed by atoms with van der Waals surface area (Å²) in [5.74, 6) is 0.800. The van der Waals surface area contributed by atoms with Gasteiger partial charge in [0.25, 0.3) is 0 Å². The van der Waals surface area contributed by atoms with E-state index in [4.69, 9.17) is 4.74 Å². The van der Waals surface area contributed by atoms with E-state index in [0.717, 1.165) is 22.2 Å². The van der Waals surface area contributed by atoms with Crippen molar-refractivity contribution >= 4 is 16.7 Å². The third kappa shape index (κ3) is 2.07. The van der Waals surface area contributed by atoms with E-state index in [0.29, 0.717) is 12.0 Å². The van der Waals surface area contributed by atoms with Crippen molar-refractivity contribution in [2.75, 3.05) is 0 Å². The maximum atomic E-state index is 12.6. The summed E-state index contributed by atoms with van der Waals surface area (Å²) >= 11 is 0. The molecule has 0 fully saturated rings. The summed E-state index contributed by atoms with van der Waals surface area (Å²) in [6.07, 6.45) is 1.82. The number of ketones is 1. The van der Waals surface area contributed by atoms with Gasteiger partial charge in [-0.15, -0.1) is 0 Å². The van der Waals surface area contributed by atoms with Crippen LogP contribution in [-0.2, 0) is 6.42 Å². The summed E-state index contributed by atoms with van der Waals surface area (Å²) in [5, 5.41) is 0.971. The fourth-order valence-corrected chi connectivity index (χ4v) is 2.72. The first-order valence-electron chi connectivity index (χ1n) is 6.95. The third-order valence-corrected chi connectivity index (χ3v) is 3.81. The highest BCUT2D eigenvalue weighted by Gasteiger charge is 2.29. The van der Waals surface area contributed by atoms with Gasteiger partial charge in [-0.3, -0.25) is 9.78 Å². The monoisotopic (exact) mass is 275 g/mol. The predicted molar refractivity (Wildman–Crippen MR) is 80.6 cm³/mol. The zero-order chi connectivity index (χ0) is 14.2. The molecule has 3 aromatic rings. The Hall–Kier alpha value is -2.68. The van der Waals surface area contributed by atoms with Gasteiger partial charge in [0.1, 0.15) is 5.75 Å². The van der Waals surface area contributed by atoms with Crippen molar-refractivity contribution < 1.29 is 9.53 Å². The fourth-order valence-electron chi connectivity index (χ4n) is 2.72. The van der Waals surface area contributed by atoms with Crippen LogP contribution < -0.4 is 4.74 Å². The van der Waals surface area contributed by atoms with Crippen molar-refractivity contribution in [1.82, 2.24) is 4.98 Å². The second kappa shape index (κ2) is 4.70. The van der Waals surface area contributed by atoms with E-state index in [-0.39, 0.29) is 5.78 Å². The fraction of sp³-hybridized carbons (Fsp3) is 0.111. The quantitative estimate of drug-likeness (QED) is 0.673. The molecule has 0 saturated heterocycles. The molecule has 0 saturated carbocycles. The van der Waals surface area contributed by atoms with Gasteiger partial charge < -0.3 is 4.74 Å². The molecule has 2 aromatic carbocycles. The number of hydrogen-bond donors (Lipinski definition) is 0. The molecule has 3 heteroatoms. The van der Waals surface area contributed by atoms with Crippen molar-refractivity contribution in [2.45, 2.75) is 12.5 Å². The molecule has 4 rings (SSSR count). The Morgan fingerprint density at radius 2 is 1.90 bits per heavy atom. The van der Waals surface area contributed by atoms with E-state index < -0.39 is 6.10 Å². The van der Waals surface area contributed by atoms with E-state index in [9.17, 15) is 4.79 Å². The molecule has 0 amide bonds. The summed E-state index contributed by atoms with van der Waals surface area (Å²) in [5.41, 5.74) is 2.58. The number of carbonyl (C=O) groups is 1. The van der Waals surface area contributed by atoms with Crippen LogP contribution in [0.3, 0.4) is 0 Å². The van der Waals surface area contributed by atoms with Crippen LogP contribution >= 0.6 is 0 Å². The molecule has 102 valence electrons. The maximum absolute atomic E-state index is 12.6. The van der Waals surface area contributed by atoms with Gasteiger partial charge in [0.05, 0.1) is 5.52 Å². The van der Waals surface area contributed by atoms with Crippen LogP contribution in [0, 0.1) is 0 Å². The number of benzene rings is 2. The number of aromatic nitrogens is 1. The van der Waals surface area contributed by atoms with Crippen molar-refractivity contribution in [3.8, 4) is 5.75 Å². The van der Waals surface area contributed by atoms with E-state index in [1.54, 1.807) is 6.20 Å². The number of para-hydroxylation sites is 2. The summed E-state index contributed by atoms with van der Waals surface area (Å²) in [4.78, 5) is 16.9. The number of fused-ring (bicyclic) bond motifs is 2. The number of nitrogens with zero attached hydrogens (tertiary/aromatic N) is 1. The Morgan fingerprint density at radius 3 is 2.81 bits per heavy atom. The van der Waals surface area contributed by atoms with Crippen molar-refractivity contribution in [3.05, 3.63) is 71.9 Å². The smallest absolute Gasteiger partial charge is 0.205 e. The first kappa shape index (κ1) is 12.1. The standard InChI is InChI=1S/C18H13NO2/c20-18(17-10-13-6-2-4-8-16(13)21-17)14-9-12-5-1-3-7-15(12)19-11-14/h1-9,11,17H,10H2. The lowest BCUT2D eigenvalue weighted by Crippen LogP contribution is -2.25. The van der Waals surface area contributed by atoms with Crippen molar-refractivity contribution in [2.24, 2.45) is 0 Å². The Balaban J connectivity index is 1.65. The topological polar surface area (TPSA) is 39.2 Å². The summed E-state index contributed by atoms with van der Waals surface area (Å²) in [6, 6.07) is 17.5. The molecule has 1 aromatic heterocycles. The minimum absolute atomic E-state index is 0.00977. The van der Waals surface area contributed by atoms with Crippen LogP contribution in [0.2, 0.25) is 0 Å². The minimum Gasteiger partial charge on any atom is -0.482 e. The molecule has 0 N–H and O–H groups in total. The molecule has 0 aliphatic carbocycles. The zero-order valence-electron chi connectivity index (χ0n) is 11.3. The first-order chi connectivity index (χ1) is 10.3. The number of pyridine rings is 1. The van der Waals surface area contributed by atoms with Crippen LogP contribution in [-0.4, -0.2) is 16.9 Å². The van der Waals surface area contributed by atoms with E-state index in [1.165, 1.54) is 0 Å². The second-order valence-corrected chi connectivity index (χ2v) is 5.20. The number of rotatable bonds is 2. The lowest BCUT2D eigenvalue weighted by atomic mass is 10.0. The molecule has 2 heterocycles. The normalized spacial score (nSPS) is 16.5. The number of ether oxygens (including phenoxy) is 1. The van der Waals surface area contributed by atoms with Crippen molar-refractivity contribution in [1.29, 1.82) is 0 Å². The van der Waals surface area contributed by atoms with Gasteiger partial charge in [-0.25, -0.2) is 0 Å². The highest BCUT2D eigenvalue weighted by Crippen LogP contribution is 2.29. The van der Waals surface area contributed by atoms with Gasteiger partial charge >= 0.3 is 0 Å². The Bertz CT molecular complexity index is 816. The van der Waals surface area contributed by atoms with Crippen molar-refractivity contribution in [3.63, 3.8) is 0 Å². The molecular weight excluding hydrogens is 262 g/mol. The molecular formula is C18H13NO2. The molecule has 1 aliphatic rings. The SMILES string of the molecule is O=C(c1cnc2ccccc2c1)C1Cc2ccccc2O1. The molecule has 21 heavy (non-hydrogen) atoms. The average Bonchev–Trinajstić information content (AvgIpc) is 2.97. The summed E-state index contributed by atoms with van der Waals surface area (Å²) in [7, 11) is 0. The highest BCUT2D eigenvalue weighted by molar-refractivity contribution is 6.02. The van der Waals surface area contributed by atoms with Gasteiger partial charge in [0.2, 0.25) is 5.78 Å². The lowest BCUT2D eigenvalue weighted by Gasteiger charge is -2.09. The molecule has 0 bridgehead atoms.